The molecule has 0 aromatic heterocycles. The Morgan fingerprint density at radius 3 is 2.40 bits per heavy atom. The van der Waals surface area contributed by atoms with Crippen molar-refractivity contribution in [3.05, 3.63) is 0 Å². The van der Waals surface area contributed by atoms with E-state index < -0.39 is 12.7 Å². The molecule has 1 saturated carbocycles. The average Bonchev–Trinajstić information content (AvgIpc) is 2.78. The summed E-state index contributed by atoms with van der Waals surface area (Å²) in [7, 11) is 0. The van der Waals surface area contributed by atoms with Gasteiger partial charge in [-0.05, 0) is 12.3 Å². The Morgan fingerprint density at radius 1 is 1.53 bits per heavy atom. The predicted molar refractivity (Wildman–Crippen MR) is 53.7 cm³/mol. The third kappa shape index (κ3) is 4.01. The van der Waals surface area contributed by atoms with Crippen LogP contribution in [0.2, 0.25) is 0 Å². The second kappa shape index (κ2) is 4.72. The summed E-state index contributed by atoms with van der Waals surface area (Å²) < 4.78 is 36.5. The Morgan fingerprint density at radius 2 is 2.07 bits per heavy atom. The molecule has 0 aromatic rings. The highest BCUT2D eigenvalue weighted by Gasteiger charge is 2.43. The van der Waals surface area contributed by atoms with Crippen molar-refractivity contribution < 1.29 is 18.0 Å². The van der Waals surface area contributed by atoms with E-state index in [1.165, 1.54) is 0 Å². The van der Waals surface area contributed by atoms with Crippen LogP contribution in [-0.4, -0.2) is 35.4 Å². The first kappa shape index (κ1) is 12.8. The summed E-state index contributed by atoms with van der Waals surface area (Å²) in [5.74, 6) is -0.311. The van der Waals surface area contributed by atoms with Gasteiger partial charge in [-0.3, -0.25) is 4.79 Å². The highest BCUT2D eigenvalue weighted by Crippen LogP contribution is 2.39. The molecule has 0 saturated heterocycles. The standard InChI is InChI=1S/C9H13BrF3NO/c1-6-4-7(6)8(15)14(3-2-10)5-9(11,12)13/h6-7H,2-5H2,1H3. The fourth-order valence-electron chi connectivity index (χ4n) is 1.49. The first-order valence-electron chi connectivity index (χ1n) is 4.76. The number of carbonyl (C=O) groups excluding carboxylic acids is 1. The van der Waals surface area contributed by atoms with E-state index in [9.17, 15) is 18.0 Å². The third-order valence-corrected chi connectivity index (χ3v) is 2.82. The lowest BCUT2D eigenvalue weighted by molar-refractivity contribution is -0.161. The number of halogens is 4. The normalized spacial score (nSPS) is 25.1. The van der Waals surface area contributed by atoms with Crippen LogP contribution in [0.3, 0.4) is 0 Å². The van der Waals surface area contributed by atoms with Gasteiger partial charge < -0.3 is 4.90 Å². The van der Waals surface area contributed by atoms with Crippen LogP contribution in [0.25, 0.3) is 0 Å². The summed E-state index contributed by atoms with van der Waals surface area (Å²) in [6.45, 7) is 0.852. The molecule has 1 fully saturated rings. The molecule has 2 atom stereocenters. The summed E-state index contributed by atoms with van der Waals surface area (Å²) in [4.78, 5) is 12.5. The molecule has 0 radical (unpaired) electrons. The number of rotatable bonds is 4. The largest absolute Gasteiger partial charge is 0.406 e. The van der Waals surface area contributed by atoms with Crippen LogP contribution in [0, 0.1) is 11.8 Å². The van der Waals surface area contributed by atoms with E-state index >= 15 is 0 Å². The highest BCUT2D eigenvalue weighted by molar-refractivity contribution is 9.09. The molecule has 1 amide bonds. The first-order valence-corrected chi connectivity index (χ1v) is 5.89. The van der Waals surface area contributed by atoms with Crippen molar-refractivity contribution in [3.8, 4) is 0 Å². The molecule has 15 heavy (non-hydrogen) atoms. The number of alkyl halides is 4. The predicted octanol–water partition coefficient (Wildman–Crippen LogP) is 2.43. The number of hydrogen-bond donors (Lipinski definition) is 0. The average molecular weight is 288 g/mol. The van der Waals surface area contributed by atoms with Crippen molar-refractivity contribution in [1.82, 2.24) is 4.90 Å². The lowest BCUT2D eigenvalue weighted by Gasteiger charge is -2.23. The molecule has 0 heterocycles. The summed E-state index contributed by atoms with van der Waals surface area (Å²) >= 11 is 3.05. The fourth-order valence-corrected chi connectivity index (χ4v) is 1.91. The van der Waals surface area contributed by atoms with Crippen molar-refractivity contribution in [1.29, 1.82) is 0 Å². The van der Waals surface area contributed by atoms with Crippen LogP contribution in [0.4, 0.5) is 13.2 Å². The summed E-state index contributed by atoms with van der Waals surface area (Å²) in [6.07, 6.45) is -3.59. The molecule has 1 rings (SSSR count). The van der Waals surface area contributed by atoms with Crippen LogP contribution in [0.15, 0.2) is 0 Å². The molecule has 2 nitrogen and oxygen atoms in total. The maximum atomic E-state index is 12.2. The van der Waals surface area contributed by atoms with Gasteiger partial charge in [0.15, 0.2) is 0 Å². The number of hydrogen-bond acceptors (Lipinski definition) is 1. The minimum atomic E-state index is -4.31. The van der Waals surface area contributed by atoms with E-state index in [1.54, 1.807) is 0 Å². The van der Waals surface area contributed by atoms with Crippen LogP contribution < -0.4 is 0 Å². The fraction of sp³-hybridized carbons (Fsp3) is 0.889. The van der Waals surface area contributed by atoms with E-state index in [0.29, 0.717) is 5.33 Å². The van der Waals surface area contributed by atoms with Gasteiger partial charge in [-0.2, -0.15) is 13.2 Å². The van der Waals surface area contributed by atoms with Gasteiger partial charge in [0.2, 0.25) is 5.91 Å². The lowest BCUT2D eigenvalue weighted by atomic mass is 10.3. The maximum absolute atomic E-state index is 12.2. The lowest BCUT2D eigenvalue weighted by Crippen LogP contribution is -2.41. The second-order valence-electron chi connectivity index (χ2n) is 3.88. The zero-order chi connectivity index (χ0) is 11.6. The minimum Gasteiger partial charge on any atom is -0.333 e. The number of carbonyl (C=O) groups is 1. The molecular formula is C9H13BrF3NO. The van der Waals surface area contributed by atoms with Crippen molar-refractivity contribution in [3.63, 3.8) is 0 Å². The molecule has 0 N–H and O–H groups in total. The zero-order valence-electron chi connectivity index (χ0n) is 8.35. The third-order valence-electron chi connectivity index (χ3n) is 2.46. The van der Waals surface area contributed by atoms with E-state index in [-0.39, 0.29) is 24.3 Å². The summed E-state index contributed by atoms with van der Waals surface area (Å²) in [5, 5.41) is 0.371. The minimum absolute atomic E-state index is 0.113. The van der Waals surface area contributed by atoms with Crippen LogP contribution in [-0.2, 0) is 4.79 Å². The molecular weight excluding hydrogens is 275 g/mol. The van der Waals surface area contributed by atoms with Gasteiger partial charge in [-0.1, -0.05) is 22.9 Å². The summed E-state index contributed by atoms with van der Waals surface area (Å²) in [5.41, 5.74) is 0. The Kier molecular flexibility index (Phi) is 4.03. The number of nitrogens with zero attached hydrogens (tertiary/aromatic N) is 1. The quantitative estimate of drug-likeness (QED) is 0.728. The smallest absolute Gasteiger partial charge is 0.333 e. The van der Waals surface area contributed by atoms with Gasteiger partial charge in [0, 0.05) is 17.8 Å². The van der Waals surface area contributed by atoms with Gasteiger partial charge in [0.25, 0.3) is 0 Å². The van der Waals surface area contributed by atoms with E-state index in [4.69, 9.17) is 0 Å². The molecule has 88 valence electrons. The van der Waals surface area contributed by atoms with Crippen molar-refractivity contribution in [2.24, 2.45) is 11.8 Å². The van der Waals surface area contributed by atoms with Crippen molar-refractivity contribution in [2.75, 3.05) is 18.4 Å². The number of amides is 1. The SMILES string of the molecule is CC1CC1C(=O)N(CCBr)CC(F)(F)F. The Balaban J connectivity index is 2.53. The van der Waals surface area contributed by atoms with Crippen LogP contribution in [0.1, 0.15) is 13.3 Å². The topological polar surface area (TPSA) is 20.3 Å². The molecule has 6 heteroatoms. The van der Waals surface area contributed by atoms with Gasteiger partial charge in [0.05, 0.1) is 0 Å². The van der Waals surface area contributed by atoms with Gasteiger partial charge in [-0.15, -0.1) is 0 Å². The van der Waals surface area contributed by atoms with E-state index in [1.807, 2.05) is 6.92 Å². The van der Waals surface area contributed by atoms with Gasteiger partial charge in [0.1, 0.15) is 6.54 Å². The Hall–Kier alpha value is -0.260. The van der Waals surface area contributed by atoms with Crippen molar-refractivity contribution in [2.45, 2.75) is 19.5 Å². The monoisotopic (exact) mass is 287 g/mol. The maximum Gasteiger partial charge on any atom is 0.406 e. The van der Waals surface area contributed by atoms with Crippen LogP contribution >= 0.6 is 15.9 Å². The summed E-state index contributed by atoms with van der Waals surface area (Å²) in [6, 6.07) is 0. The molecule has 1 aliphatic rings. The van der Waals surface area contributed by atoms with Crippen molar-refractivity contribution >= 4 is 21.8 Å². The van der Waals surface area contributed by atoms with Crippen LogP contribution in [0.5, 0.6) is 0 Å². The molecule has 0 spiro atoms. The van der Waals surface area contributed by atoms with E-state index in [2.05, 4.69) is 15.9 Å². The van der Waals surface area contributed by atoms with E-state index in [0.717, 1.165) is 11.3 Å². The Labute approximate surface area is 94.9 Å². The Bertz CT molecular complexity index is 244. The molecule has 0 bridgehead atoms. The van der Waals surface area contributed by atoms with Gasteiger partial charge >= 0.3 is 6.18 Å². The van der Waals surface area contributed by atoms with Gasteiger partial charge in [-0.25, -0.2) is 0 Å². The first-order chi connectivity index (χ1) is 6.85. The second-order valence-corrected chi connectivity index (χ2v) is 4.68. The molecule has 0 aromatic carbocycles. The zero-order valence-corrected chi connectivity index (χ0v) is 9.94. The molecule has 2 unspecified atom stereocenters. The molecule has 0 aliphatic heterocycles. The molecule has 1 aliphatic carbocycles. The highest BCUT2D eigenvalue weighted by atomic mass is 79.9.